The van der Waals surface area contributed by atoms with E-state index in [0.29, 0.717) is 30.4 Å². The van der Waals surface area contributed by atoms with Crippen molar-refractivity contribution in [1.29, 1.82) is 0 Å². The molecular weight excluding hydrogens is 230 g/mol. The number of carboxylic acids is 1. The number of aliphatic carboxylic acids is 1. The SMILES string of the molecule is CCCOc1cccnc1C(CC(C)C)C(=O)O. The maximum atomic E-state index is 11.4. The lowest BCUT2D eigenvalue weighted by atomic mass is 9.93. The summed E-state index contributed by atoms with van der Waals surface area (Å²) in [5.41, 5.74) is 0.534. The Morgan fingerprint density at radius 2 is 2.22 bits per heavy atom. The number of pyridine rings is 1. The van der Waals surface area contributed by atoms with Crippen LogP contribution in [0.5, 0.6) is 5.75 Å². The minimum atomic E-state index is -0.844. The molecule has 0 spiro atoms. The molecule has 0 saturated carbocycles. The second kappa shape index (κ2) is 6.99. The van der Waals surface area contributed by atoms with Crippen molar-refractivity contribution in [2.45, 2.75) is 39.5 Å². The zero-order valence-corrected chi connectivity index (χ0v) is 11.2. The lowest BCUT2D eigenvalue weighted by molar-refractivity contribution is -0.139. The van der Waals surface area contributed by atoms with Gasteiger partial charge in [-0.25, -0.2) is 0 Å². The molecule has 1 rings (SSSR count). The maximum Gasteiger partial charge on any atom is 0.312 e. The summed E-state index contributed by atoms with van der Waals surface area (Å²) in [7, 11) is 0. The van der Waals surface area contributed by atoms with Gasteiger partial charge in [0, 0.05) is 6.20 Å². The van der Waals surface area contributed by atoms with Crippen LogP contribution in [0.3, 0.4) is 0 Å². The van der Waals surface area contributed by atoms with Gasteiger partial charge < -0.3 is 9.84 Å². The van der Waals surface area contributed by atoms with Crippen molar-refractivity contribution in [3.8, 4) is 5.75 Å². The molecule has 4 heteroatoms. The predicted octanol–water partition coefficient (Wildman–Crippen LogP) is 3.08. The van der Waals surface area contributed by atoms with Crippen LogP contribution in [0, 0.1) is 5.92 Å². The number of rotatable bonds is 7. The number of carboxylic acid groups (broad SMARTS) is 1. The number of carbonyl (C=O) groups is 1. The van der Waals surface area contributed by atoms with E-state index < -0.39 is 11.9 Å². The molecule has 4 nitrogen and oxygen atoms in total. The van der Waals surface area contributed by atoms with E-state index >= 15 is 0 Å². The molecule has 0 amide bonds. The van der Waals surface area contributed by atoms with Crippen LogP contribution in [0.25, 0.3) is 0 Å². The Morgan fingerprint density at radius 3 is 2.78 bits per heavy atom. The molecule has 1 N–H and O–H groups in total. The monoisotopic (exact) mass is 251 g/mol. The lowest BCUT2D eigenvalue weighted by Crippen LogP contribution is -2.17. The first kappa shape index (κ1) is 14.5. The van der Waals surface area contributed by atoms with E-state index in [4.69, 9.17) is 4.74 Å². The molecule has 0 bridgehead atoms. The van der Waals surface area contributed by atoms with Gasteiger partial charge in [-0.2, -0.15) is 0 Å². The molecule has 100 valence electrons. The molecule has 0 aliphatic heterocycles. The fourth-order valence-electron chi connectivity index (χ4n) is 1.80. The Morgan fingerprint density at radius 1 is 1.50 bits per heavy atom. The second-order valence-electron chi connectivity index (χ2n) is 4.76. The van der Waals surface area contributed by atoms with Crippen molar-refractivity contribution >= 4 is 5.97 Å². The van der Waals surface area contributed by atoms with E-state index in [0.717, 1.165) is 6.42 Å². The fraction of sp³-hybridized carbons (Fsp3) is 0.571. The van der Waals surface area contributed by atoms with Crippen molar-refractivity contribution < 1.29 is 14.6 Å². The average Bonchev–Trinajstić information content (AvgIpc) is 2.33. The predicted molar refractivity (Wildman–Crippen MR) is 69.9 cm³/mol. The van der Waals surface area contributed by atoms with Crippen molar-refractivity contribution in [1.82, 2.24) is 4.98 Å². The summed E-state index contributed by atoms with van der Waals surface area (Å²) < 4.78 is 5.57. The van der Waals surface area contributed by atoms with Gasteiger partial charge in [0.1, 0.15) is 11.7 Å². The van der Waals surface area contributed by atoms with Gasteiger partial charge in [-0.1, -0.05) is 20.8 Å². The highest BCUT2D eigenvalue weighted by atomic mass is 16.5. The van der Waals surface area contributed by atoms with Crippen LogP contribution < -0.4 is 4.74 Å². The van der Waals surface area contributed by atoms with E-state index in [1.54, 1.807) is 18.3 Å². The van der Waals surface area contributed by atoms with Gasteiger partial charge >= 0.3 is 5.97 Å². The van der Waals surface area contributed by atoms with Crippen molar-refractivity contribution in [2.75, 3.05) is 6.61 Å². The van der Waals surface area contributed by atoms with Crippen LogP contribution >= 0.6 is 0 Å². The van der Waals surface area contributed by atoms with Gasteiger partial charge in [-0.3, -0.25) is 9.78 Å². The minimum absolute atomic E-state index is 0.298. The highest BCUT2D eigenvalue weighted by Crippen LogP contribution is 2.29. The van der Waals surface area contributed by atoms with E-state index in [1.807, 2.05) is 20.8 Å². The molecule has 0 aromatic carbocycles. The first-order chi connectivity index (χ1) is 8.56. The summed E-state index contributed by atoms with van der Waals surface area (Å²) in [4.78, 5) is 15.6. The molecule has 0 fully saturated rings. The first-order valence-electron chi connectivity index (χ1n) is 6.36. The molecule has 1 unspecified atom stereocenters. The van der Waals surface area contributed by atoms with E-state index in [-0.39, 0.29) is 0 Å². The molecule has 0 saturated heterocycles. The maximum absolute atomic E-state index is 11.4. The number of ether oxygens (including phenoxy) is 1. The van der Waals surface area contributed by atoms with Crippen LogP contribution in [0.1, 0.15) is 45.2 Å². The molecule has 0 radical (unpaired) electrons. The summed E-state index contributed by atoms with van der Waals surface area (Å²) in [5, 5.41) is 9.33. The highest BCUT2D eigenvalue weighted by molar-refractivity contribution is 5.76. The molecular formula is C14H21NO3. The highest BCUT2D eigenvalue weighted by Gasteiger charge is 2.25. The third-order valence-electron chi connectivity index (χ3n) is 2.60. The average molecular weight is 251 g/mol. The number of hydrogen-bond acceptors (Lipinski definition) is 3. The lowest BCUT2D eigenvalue weighted by Gasteiger charge is -2.17. The van der Waals surface area contributed by atoms with E-state index in [2.05, 4.69) is 4.98 Å². The fourth-order valence-corrected chi connectivity index (χ4v) is 1.80. The summed E-state index contributed by atoms with van der Waals surface area (Å²) in [6, 6.07) is 3.55. The largest absolute Gasteiger partial charge is 0.492 e. The second-order valence-corrected chi connectivity index (χ2v) is 4.76. The summed E-state index contributed by atoms with van der Waals surface area (Å²) in [6.45, 7) is 6.60. The Kier molecular flexibility index (Phi) is 5.62. The van der Waals surface area contributed by atoms with Crippen molar-refractivity contribution in [3.63, 3.8) is 0 Å². The summed E-state index contributed by atoms with van der Waals surface area (Å²) in [5.74, 6) is -0.554. The van der Waals surface area contributed by atoms with E-state index in [1.165, 1.54) is 0 Å². The van der Waals surface area contributed by atoms with E-state index in [9.17, 15) is 9.90 Å². The minimum Gasteiger partial charge on any atom is -0.492 e. The molecule has 1 aromatic rings. The molecule has 18 heavy (non-hydrogen) atoms. The van der Waals surface area contributed by atoms with Crippen LogP contribution in [-0.2, 0) is 4.79 Å². The third kappa shape index (κ3) is 4.02. The third-order valence-corrected chi connectivity index (χ3v) is 2.60. The topological polar surface area (TPSA) is 59.4 Å². The van der Waals surface area contributed by atoms with Crippen LogP contribution in [-0.4, -0.2) is 22.7 Å². The Labute approximate surface area is 108 Å². The van der Waals surface area contributed by atoms with Crippen molar-refractivity contribution in [3.05, 3.63) is 24.0 Å². The van der Waals surface area contributed by atoms with Crippen molar-refractivity contribution in [2.24, 2.45) is 5.92 Å². The van der Waals surface area contributed by atoms with Gasteiger partial charge in [-0.15, -0.1) is 0 Å². The quantitative estimate of drug-likeness (QED) is 0.809. The summed E-state index contributed by atoms with van der Waals surface area (Å²) in [6.07, 6.45) is 3.06. The Balaban J connectivity index is 2.99. The molecule has 0 aliphatic rings. The standard InChI is InChI=1S/C14H21NO3/c1-4-8-18-12-6-5-7-15-13(12)11(14(16)17)9-10(2)3/h5-7,10-11H,4,8-9H2,1-3H3,(H,16,17). The first-order valence-corrected chi connectivity index (χ1v) is 6.36. The summed E-state index contributed by atoms with van der Waals surface area (Å²) >= 11 is 0. The number of hydrogen-bond donors (Lipinski definition) is 1. The molecule has 1 aromatic heterocycles. The van der Waals surface area contributed by atoms with Gasteiger partial charge in [0.15, 0.2) is 0 Å². The Hall–Kier alpha value is -1.58. The van der Waals surface area contributed by atoms with Crippen LogP contribution in [0.4, 0.5) is 0 Å². The zero-order chi connectivity index (χ0) is 13.5. The van der Waals surface area contributed by atoms with Crippen LogP contribution in [0.2, 0.25) is 0 Å². The number of aromatic nitrogens is 1. The van der Waals surface area contributed by atoms with Gasteiger partial charge in [0.05, 0.1) is 12.3 Å². The zero-order valence-electron chi connectivity index (χ0n) is 11.2. The van der Waals surface area contributed by atoms with Gasteiger partial charge in [0.25, 0.3) is 0 Å². The molecule has 1 atom stereocenters. The molecule has 1 heterocycles. The Bertz CT molecular complexity index is 390. The van der Waals surface area contributed by atoms with Crippen LogP contribution in [0.15, 0.2) is 18.3 Å². The molecule has 0 aliphatic carbocycles. The normalized spacial score (nSPS) is 12.4. The van der Waals surface area contributed by atoms with Gasteiger partial charge in [0.2, 0.25) is 0 Å². The smallest absolute Gasteiger partial charge is 0.312 e. The van der Waals surface area contributed by atoms with Gasteiger partial charge in [-0.05, 0) is 30.9 Å². The number of nitrogens with zero attached hydrogens (tertiary/aromatic N) is 1.